The molecule has 0 aromatic rings. The van der Waals surface area contributed by atoms with Gasteiger partial charge in [0.15, 0.2) is 0 Å². The molecular formula is C14H23N3O2. The maximum Gasteiger partial charge on any atom is 0.305 e. The van der Waals surface area contributed by atoms with E-state index in [1.165, 1.54) is 20.0 Å². The average molecular weight is 265 g/mol. The third-order valence-electron chi connectivity index (χ3n) is 3.98. The number of carbonyl (C=O) groups is 1. The number of methoxy groups -OCH3 is 1. The quantitative estimate of drug-likeness (QED) is 0.567. The lowest BCUT2D eigenvalue weighted by Gasteiger charge is -2.36. The number of likely N-dealkylation sites (tertiary alicyclic amines) is 1. The van der Waals surface area contributed by atoms with E-state index in [1.807, 2.05) is 0 Å². The van der Waals surface area contributed by atoms with Crippen molar-refractivity contribution in [3.8, 4) is 6.07 Å². The molecule has 1 N–H and O–H groups in total. The fourth-order valence-electron chi connectivity index (χ4n) is 2.80. The van der Waals surface area contributed by atoms with Gasteiger partial charge in [0.1, 0.15) is 0 Å². The minimum Gasteiger partial charge on any atom is -0.469 e. The fraction of sp³-hybridized carbons (Fsp3) is 0.857. The molecule has 0 bridgehead atoms. The summed E-state index contributed by atoms with van der Waals surface area (Å²) in [7, 11) is 1.43. The van der Waals surface area contributed by atoms with Crippen molar-refractivity contribution in [2.45, 2.75) is 31.7 Å². The third kappa shape index (κ3) is 4.81. The molecule has 2 rings (SSSR count). The van der Waals surface area contributed by atoms with Crippen molar-refractivity contribution in [1.82, 2.24) is 10.2 Å². The Morgan fingerprint density at radius 1 is 1.42 bits per heavy atom. The Morgan fingerprint density at radius 2 is 2.21 bits per heavy atom. The summed E-state index contributed by atoms with van der Waals surface area (Å²) in [5, 5.41) is 12.4. The molecule has 5 heteroatoms. The van der Waals surface area contributed by atoms with E-state index in [0.717, 1.165) is 32.0 Å². The number of hydrogen-bond acceptors (Lipinski definition) is 5. The number of hydrogen-bond donors (Lipinski definition) is 1. The molecule has 106 valence electrons. The monoisotopic (exact) mass is 265 g/mol. The Balaban J connectivity index is 1.83. The van der Waals surface area contributed by atoms with Crippen LogP contribution in [-0.2, 0) is 9.53 Å². The number of rotatable bonds is 6. The molecule has 0 spiro atoms. The highest BCUT2D eigenvalue weighted by Gasteiger charge is 2.30. The van der Waals surface area contributed by atoms with Crippen LogP contribution in [0.3, 0.4) is 0 Å². The molecule has 1 saturated heterocycles. The van der Waals surface area contributed by atoms with E-state index >= 15 is 0 Å². The lowest BCUT2D eigenvalue weighted by molar-refractivity contribution is -0.142. The van der Waals surface area contributed by atoms with Crippen molar-refractivity contribution >= 4 is 5.97 Å². The number of piperidine rings is 1. The minimum absolute atomic E-state index is 0.148. The van der Waals surface area contributed by atoms with Gasteiger partial charge < -0.3 is 10.1 Å². The highest BCUT2D eigenvalue weighted by molar-refractivity contribution is 5.69. The van der Waals surface area contributed by atoms with Gasteiger partial charge in [-0.1, -0.05) is 0 Å². The Bertz CT molecular complexity index is 349. The molecule has 2 aliphatic rings. The highest BCUT2D eigenvalue weighted by Crippen LogP contribution is 2.28. The SMILES string of the molecule is COC(=O)CC1CC(NCC2CC2)CN(CC#N)C1. The van der Waals surface area contributed by atoms with E-state index in [2.05, 4.69) is 16.3 Å². The predicted molar refractivity (Wildman–Crippen MR) is 71.3 cm³/mol. The van der Waals surface area contributed by atoms with E-state index < -0.39 is 0 Å². The van der Waals surface area contributed by atoms with E-state index in [0.29, 0.717) is 24.9 Å². The van der Waals surface area contributed by atoms with Crippen molar-refractivity contribution in [3.63, 3.8) is 0 Å². The van der Waals surface area contributed by atoms with Crippen molar-refractivity contribution in [2.75, 3.05) is 33.3 Å². The molecule has 5 nitrogen and oxygen atoms in total. The van der Waals surface area contributed by atoms with Gasteiger partial charge in [-0.2, -0.15) is 5.26 Å². The molecule has 2 atom stereocenters. The van der Waals surface area contributed by atoms with Gasteiger partial charge in [0, 0.05) is 25.6 Å². The van der Waals surface area contributed by atoms with Crippen LogP contribution in [0.2, 0.25) is 0 Å². The molecule has 2 fully saturated rings. The van der Waals surface area contributed by atoms with Crippen LogP contribution in [0.1, 0.15) is 25.7 Å². The summed E-state index contributed by atoms with van der Waals surface area (Å²) in [6.07, 6.45) is 4.14. The first-order valence-corrected chi connectivity index (χ1v) is 7.10. The molecule has 2 unspecified atom stereocenters. The molecule has 1 aliphatic carbocycles. The third-order valence-corrected chi connectivity index (χ3v) is 3.98. The van der Waals surface area contributed by atoms with E-state index in [1.54, 1.807) is 0 Å². The van der Waals surface area contributed by atoms with E-state index in [9.17, 15) is 4.79 Å². The van der Waals surface area contributed by atoms with Crippen molar-refractivity contribution < 1.29 is 9.53 Å². The highest BCUT2D eigenvalue weighted by atomic mass is 16.5. The van der Waals surface area contributed by atoms with Crippen LogP contribution in [0, 0.1) is 23.2 Å². The lowest BCUT2D eigenvalue weighted by Crippen LogP contribution is -2.50. The number of esters is 1. The molecule has 1 heterocycles. The van der Waals surface area contributed by atoms with Crippen LogP contribution >= 0.6 is 0 Å². The predicted octanol–water partition coefficient (Wildman–Crippen LogP) is 0.763. The van der Waals surface area contributed by atoms with Gasteiger partial charge in [0.2, 0.25) is 0 Å². The maximum absolute atomic E-state index is 11.4. The van der Waals surface area contributed by atoms with Gasteiger partial charge in [-0.25, -0.2) is 0 Å². The molecule has 0 aromatic carbocycles. The largest absolute Gasteiger partial charge is 0.469 e. The molecule has 1 aliphatic heterocycles. The van der Waals surface area contributed by atoms with Gasteiger partial charge >= 0.3 is 5.97 Å². The second-order valence-electron chi connectivity index (χ2n) is 5.78. The number of carbonyl (C=O) groups excluding carboxylic acids is 1. The normalized spacial score (nSPS) is 27.8. The first-order valence-electron chi connectivity index (χ1n) is 7.10. The van der Waals surface area contributed by atoms with Gasteiger partial charge in [-0.3, -0.25) is 9.69 Å². The Morgan fingerprint density at radius 3 is 2.84 bits per heavy atom. The summed E-state index contributed by atoms with van der Waals surface area (Å²) >= 11 is 0. The van der Waals surface area contributed by atoms with Crippen LogP contribution in [0.25, 0.3) is 0 Å². The summed E-state index contributed by atoms with van der Waals surface area (Å²) in [4.78, 5) is 13.5. The van der Waals surface area contributed by atoms with Crippen molar-refractivity contribution in [1.29, 1.82) is 5.26 Å². The number of ether oxygens (including phenoxy) is 1. The first kappa shape index (κ1) is 14.3. The first-order chi connectivity index (χ1) is 9.21. The maximum atomic E-state index is 11.4. The van der Waals surface area contributed by atoms with Crippen LogP contribution in [-0.4, -0.2) is 50.2 Å². The van der Waals surface area contributed by atoms with Crippen LogP contribution in [0.5, 0.6) is 0 Å². The van der Waals surface area contributed by atoms with E-state index in [-0.39, 0.29) is 5.97 Å². The van der Waals surface area contributed by atoms with Crippen LogP contribution in [0.4, 0.5) is 0 Å². The van der Waals surface area contributed by atoms with Crippen molar-refractivity contribution in [2.24, 2.45) is 11.8 Å². The summed E-state index contributed by atoms with van der Waals surface area (Å²) < 4.78 is 4.75. The lowest BCUT2D eigenvalue weighted by atomic mass is 9.91. The molecule has 19 heavy (non-hydrogen) atoms. The van der Waals surface area contributed by atoms with Gasteiger partial charge in [0.05, 0.1) is 19.7 Å². The summed E-state index contributed by atoms with van der Waals surface area (Å²) in [6, 6.07) is 2.61. The molecule has 1 saturated carbocycles. The standard InChI is InChI=1S/C14H23N3O2/c1-19-14(18)7-12-6-13(16-8-11-2-3-11)10-17(9-12)5-4-15/h11-13,16H,2-3,5-10H2,1H3. The molecule has 0 radical (unpaired) electrons. The zero-order chi connectivity index (χ0) is 13.7. The van der Waals surface area contributed by atoms with Gasteiger partial charge in [-0.05, 0) is 37.6 Å². The van der Waals surface area contributed by atoms with Gasteiger partial charge in [-0.15, -0.1) is 0 Å². The molecule has 0 aromatic heterocycles. The smallest absolute Gasteiger partial charge is 0.305 e. The minimum atomic E-state index is -0.148. The zero-order valence-electron chi connectivity index (χ0n) is 11.6. The Kier molecular flexibility index (Phi) is 5.17. The summed E-state index contributed by atoms with van der Waals surface area (Å²) in [5.74, 6) is 1.00. The topological polar surface area (TPSA) is 65.4 Å². The van der Waals surface area contributed by atoms with Crippen LogP contribution in [0.15, 0.2) is 0 Å². The number of nitrogens with zero attached hydrogens (tertiary/aromatic N) is 2. The molecule has 0 amide bonds. The fourth-order valence-corrected chi connectivity index (χ4v) is 2.80. The second kappa shape index (κ2) is 6.88. The van der Waals surface area contributed by atoms with Crippen LogP contribution < -0.4 is 5.32 Å². The zero-order valence-corrected chi connectivity index (χ0v) is 11.6. The van der Waals surface area contributed by atoms with E-state index in [4.69, 9.17) is 10.00 Å². The summed E-state index contributed by atoms with van der Waals surface area (Å²) in [6.45, 7) is 3.26. The van der Waals surface area contributed by atoms with Gasteiger partial charge in [0.25, 0.3) is 0 Å². The number of nitrogens with one attached hydrogen (secondary N) is 1. The second-order valence-corrected chi connectivity index (χ2v) is 5.78. The Labute approximate surface area is 114 Å². The average Bonchev–Trinajstić information content (AvgIpc) is 3.20. The summed E-state index contributed by atoms with van der Waals surface area (Å²) in [5.41, 5.74) is 0. The molecular weight excluding hydrogens is 242 g/mol. The Hall–Kier alpha value is -1.12. The van der Waals surface area contributed by atoms with Crippen molar-refractivity contribution in [3.05, 3.63) is 0 Å². The number of nitriles is 1.